The zero-order valence-electron chi connectivity index (χ0n) is 61.6. The molecule has 10 N–H and O–H groups in total. The van der Waals surface area contributed by atoms with Crippen LogP contribution in [-0.4, -0.2) is 190 Å². The average molecular weight is 2360 g/mol. The second kappa shape index (κ2) is 54.3. The van der Waals surface area contributed by atoms with Crippen molar-refractivity contribution in [3.8, 4) is 0 Å². The fourth-order valence-electron chi connectivity index (χ4n) is 10.9. The molecule has 0 aromatic heterocycles. The summed E-state index contributed by atoms with van der Waals surface area (Å²) >= 11 is 19.9. The van der Waals surface area contributed by atoms with Crippen molar-refractivity contribution in [3.05, 3.63) is 109 Å². The van der Waals surface area contributed by atoms with Crippen LogP contribution in [0.4, 0.5) is 0 Å². The monoisotopic (exact) mass is 2360 g/mol. The Kier molecular flexibility index (Phi) is 57.3. The van der Waals surface area contributed by atoms with Crippen LogP contribution in [0.3, 0.4) is 0 Å². The third-order valence-corrected chi connectivity index (χ3v) is 22.0. The van der Waals surface area contributed by atoms with Crippen molar-refractivity contribution >= 4 is 64.2 Å². The smallest absolute Gasteiger partial charge is 0.265 e. The topological polar surface area (TPSA) is 289 Å². The van der Waals surface area contributed by atoms with E-state index >= 15 is 0 Å². The number of thioether (sulfide) groups is 2. The molecule has 19 unspecified atom stereocenters. The molecule has 0 spiro atoms. The van der Waals surface area contributed by atoms with E-state index in [0.717, 1.165) is 0 Å². The van der Waals surface area contributed by atoms with E-state index in [1.165, 1.54) is 9.79 Å². The first-order chi connectivity index (χ1) is 45.0. The van der Waals surface area contributed by atoms with Gasteiger partial charge in [0, 0.05) is 245 Å². The van der Waals surface area contributed by atoms with Crippen LogP contribution in [0.1, 0.15) is 125 Å². The number of halogens is 3. The molecule has 4 radical (unpaired) electrons. The van der Waals surface area contributed by atoms with Crippen LogP contribution < -0.4 is 0 Å². The van der Waals surface area contributed by atoms with Gasteiger partial charge in [0.1, 0.15) is 29.2 Å². The minimum absolute atomic E-state index is 0. The SMILES string of the molecule is C/C=C/C=C/CO[C@@H]1OC(C)[C@H](C)C(O)C1C.C/C=C/C=C/CO[C@@H]1OC(C)[C@H](O)C(O)C1O.CC1C(O)OC(C)[C@H](C)C1O.CC1C(O)[C@@H](C)C(C)O[C@H]1OC(=N)C(Cl)(Cl)Cl.CC1O[C@@H](Sc2ccccc2)C(C)C(O)[C@H]1C.CC1O[C@@H](Sc2ccccc2)C(C)C(O)[C@H]1C.[Ac].[Ac].[Ac].[Ac]. The van der Waals surface area contributed by atoms with E-state index < -0.39 is 65.2 Å². The molecule has 6 fully saturated rings. The summed E-state index contributed by atoms with van der Waals surface area (Å²) in [7, 11) is 0. The molecule has 19 nitrogen and oxygen atoms in total. The molecule has 0 amide bonds. The molecule has 30 atom stereocenters. The van der Waals surface area contributed by atoms with Crippen LogP contribution in [0.2, 0.25) is 0 Å². The average Bonchev–Trinajstić information content (AvgIpc) is 0.848. The number of nitrogens with one attached hydrogen (secondary N) is 1. The Bertz CT molecular complexity index is 2470. The van der Waals surface area contributed by atoms with Crippen LogP contribution in [0.5, 0.6) is 0 Å². The zero-order valence-corrected chi connectivity index (χ0v) is 84.5. The van der Waals surface area contributed by atoms with Gasteiger partial charge >= 0.3 is 0 Å². The number of hydrogen-bond acceptors (Lipinski definition) is 21. The molecule has 6 saturated heterocycles. The molecule has 0 bridgehead atoms. The van der Waals surface area contributed by atoms with Crippen molar-refractivity contribution in [2.45, 2.75) is 260 Å². The first-order valence-corrected chi connectivity index (χ1v) is 36.5. The van der Waals surface area contributed by atoms with Gasteiger partial charge in [-0.2, -0.15) is 0 Å². The van der Waals surface area contributed by atoms with Crippen molar-refractivity contribution in [1.82, 2.24) is 0 Å². The van der Waals surface area contributed by atoms with Gasteiger partial charge in [0.05, 0.1) is 80.4 Å². The van der Waals surface area contributed by atoms with Gasteiger partial charge in [0.15, 0.2) is 18.9 Å². The molecule has 6 aliphatic rings. The van der Waals surface area contributed by atoms with Gasteiger partial charge in [-0.1, -0.05) is 213 Å². The van der Waals surface area contributed by atoms with E-state index in [9.17, 15) is 46.0 Å². The summed E-state index contributed by atoms with van der Waals surface area (Å²) in [6.45, 7) is 35.6. The Hall–Kier alpha value is 3.53. The van der Waals surface area contributed by atoms with E-state index in [2.05, 4.69) is 52.0 Å². The molecule has 2 aromatic carbocycles. The second-order valence-electron chi connectivity index (χ2n) is 26.2. The summed E-state index contributed by atoms with van der Waals surface area (Å²) < 4.78 is 47.8. The Labute approximate surface area is 764 Å². The molecule has 0 aliphatic carbocycles. The van der Waals surface area contributed by atoms with Gasteiger partial charge in [0.2, 0.25) is 12.2 Å². The quantitative estimate of drug-likeness (QED) is 0.0386. The van der Waals surface area contributed by atoms with Crippen molar-refractivity contribution in [2.24, 2.45) is 59.2 Å². The maximum absolute atomic E-state index is 10.2. The fourth-order valence-corrected chi connectivity index (χ4v) is 13.4. The standard InChI is InChI=1S/C14H24O3.2C14H20O2S.C12H20O5.C10H16Cl3NO3.C8H16O3.4Ac/c1-5-6-7-8-9-16-14-11(3)13(15)10(2)12(4)17-14;2*1-9-11(3)16-14(10(2)13(9)15)17-12-7-5-4-6-8-12;1-3-4-5-6-7-16-12-11(15)10(14)9(13)8(2)17-12;1-4-6(3)16-8(5(2)7(4)15)17-9(14)10(11,12)13;1-4-6(3)11-8(10)5(2)7(4)9;;;;/h5-8,10-15H,9H2,1-4H3;2*4-11,13-15H,1-3H3;3-6,8-15H,7H2,1-2H3;4-8,14-15H,1-3H3;4-10H,1-3H3;;;;/b6-5+,8-7+;;;4-3+,6-5+;;;;;;/t10-,11?,12?,13?,14+;2*9-,10?,11?,13?,14-;8?,9-,10?,11?,12+;4-,5?,6?,7?,8-;4-,5?,6?,7?,8?;;;;/m000000..../s1. The van der Waals surface area contributed by atoms with Crippen molar-refractivity contribution in [3.63, 3.8) is 0 Å². The van der Waals surface area contributed by atoms with E-state index in [-0.39, 0.29) is 308 Å². The van der Waals surface area contributed by atoms with E-state index in [1.54, 1.807) is 50.4 Å². The summed E-state index contributed by atoms with van der Waals surface area (Å²) in [5, 5.41) is 95.3. The number of hydrogen-bond donors (Lipinski definition) is 10. The third kappa shape index (κ3) is 34.9. The molecule has 100 heavy (non-hydrogen) atoms. The van der Waals surface area contributed by atoms with Crippen LogP contribution in [-0.2, 0) is 42.6 Å². The molecule has 28 heteroatoms. The Morgan fingerprint density at radius 1 is 0.390 bits per heavy atom. The second-order valence-corrected chi connectivity index (χ2v) is 30.8. The molecular formula is C72H116Ac4Cl3NO18S2. The Balaban J connectivity index is 0. The first kappa shape index (κ1) is 106. The Morgan fingerprint density at radius 3 is 1.09 bits per heavy atom. The summed E-state index contributed by atoms with van der Waals surface area (Å²) in [5.74, 6) is 0.0105. The normalized spacial score (nSPS) is 38.7. The predicted octanol–water partition coefficient (Wildman–Crippen LogP) is 11.9. The maximum Gasteiger partial charge on any atom is 0.265 e. The Morgan fingerprint density at radius 2 is 0.710 bits per heavy atom. The predicted molar refractivity (Wildman–Crippen MR) is 381 cm³/mol. The summed E-state index contributed by atoms with van der Waals surface area (Å²) in [5.41, 5.74) is 0.0807. The van der Waals surface area contributed by atoms with Gasteiger partial charge in [-0.05, 0) is 79.7 Å². The molecular weight excluding hydrogens is 2250 g/mol. The molecule has 6 aliphatic heterocycles. The summed E-state index contributed by atoms with van der Waals surface area (Å²) in [4.78, 5) is 2.39. The minimum atomic E-state index is -1.92. The number of benzene rings is 2. The minimum Gasteiger partial charge on any atom is -0.448 e. The third-order valence-electron chi connectivity index (χ3n) is 18.9. The number of allylic oxidation sites excluding steroid dienone is 6. The maximum atomic E-state index is 10.2. The number of aliphatic hydroxyl groups is 9. The molecule has 0 saturated carbocycles. The van der Waals surface area contributed by atoms with Crippen LogP contribution in [0, 0.1) is 241 Å². The van der Waals surface area contributed by atoms with E-state index in [0.29, 0.717) is 6.61 Å². The van der Waals surface area contributed by atoms with Gasteiger partial charge in [-0.3, -0.25) is 5.41 Å². The number of rotatable bonds is 13. The van der Waals surface area contributed by atoms with Gasteiger partial charge in [-0.25, -0.2) is 0 Å². The van der Waals surface area contributed by atoms with Gasteiger partial charge in [-0.15, -0.1) is 0 Å². The zero-order chi connectivity index (χ0) is 72.5. The summed E-state index contributed by atoms with van der Waals surface area (Å²) in [6.07, 6.45) is 6.19. The number of aliphatic hydroxyl groups excluding tert-OH is 9. The molecule has 562 valence electrons. The molecule has 8 rings (SSSR count). The molecule has 2 aromatic rings. The molecule has 6 heterocycles. The van der Waals surface area contributed by atoms with Crippen LogP contribution in [0.25, 0.3) is 0 Å². The van der Waals surface area contributed by atoms with Crippen molar-refractivity contribution in [2.75, 3.05) is 13.2 Å². The van der Waals surface area contributed by atoms with Crippen molar-refractivity contribution in [1.29, 1.82) is 5.41 Å². The van der Waals surface area contributed by atoms with Crippen LogP contribution >= 0.6 is 58.3 Å². The first-order valence-electron chi connectivity index (χ1n) is 33.6. The van der Waals surface area contributed by atoms with Gasteiger partial charge in [0.25, 0.3) is 3.79 Å². The number of alkyl halides is 3. The summed E-state index contributed by atoms with van der Waals surface area (Å²) in [6, 6.07) is 20.4. The van der Waals surface area contributed by atoms with Crippen molar-refractivity contribution < 1.29 is 265 Å². The van der Waals surface area contributed by atoms with E-state index in [4.69, 9.17) is 82.8 Å². The van der Waals surface area contributed by atoms with Gasteiger partial charge < -0.3 is 88.6 Å². The fraction of sp³-hybridized carbons (Fsp3) is 0.708. The van der Waals surface area contributed by atoms with E-state index in [1.807, 2.05) is 155 Å². The largest absolute Gasteiger partial charge is 0.448 e. The van der Waals surface area contributed by atoms with Crippen LogP contribution in [0.15, 0.2) is 119 Å². The number of ether oxygens (including phenoxy) is 9.